The van der Waals surface area contributed by atoms with Crippen molar-refractivity contribution in [2.45, 2.75) is 51.0 Å². The molecule has 1 aromatic rings. The number of carboxylic acid groups (broad SMARTS) is 1. The zero-order chi connectivity index (χ0) is 14.0. The molecule has 0 amide bonds. The van der Waals surface area contributed by atoms with Crippen molar-refractivity contribution in [2.24, 2.45) is 5.92 Å². The first-order valence-corrected chi connectivity index (χ1v) is 6.62. The summed E-state index contributed by atoms with van der Waals surface area (Å²) in [6, 6.07) is 0. The van der Waals surface area contributed by atoms with Gasteiger partial charge in [0.25, 0.3) is 0 Å². The Morgan fingerprint density at radius 3 is 2.84 bits per heavy atom. The molecular weight excluding hydrogens is 248 g/mol. The van der Waals surface area contributed by atoms with Crippen LogP contribution in [-0.2, 0) is 15.1 Å². The van der Waals surface area contributed by atoms with Crippen LogP contribution in [0.2, 0.25) is 0 Å². The van der Waals surface area contributed by atoms with Gasteiger partial charge in [-0.15, -0.1) is 0 Å². The fraction of sp³-hybridized carbons (Fsp3) is 0.769. The fourth-order valence-corrected chi connectivity index (χ4v) is 2.44. The van der Waals surface area contributed by atoms with Gasteiger partial charge in [-0.25, -0.2) is 0 Å². The van der Waals surface area contributed by atoms with Gasteiger partial charge in [0.05, 0.1) is 5.92 Å². The summed E-state index contributed by atoms with van der Waals surface area (Å²) in [4.78, 5) is 15.4. The molecule has 2 rings (SSSR count). The predicted molar refractivity (Wildman–Crippen MR) is 66.7 cm³/mol. The van der Waals surface area contributed by atoms with Crippen molar-refractivity contribution < 1.29 is 19.2 Å². The number of hydrogen-bond donors (Lipinski definition) is 1. The molecule has 1 heterocycles. The first kappa shape index (κ1) is 14.0. The highest BCUT2D eigenvalue weighted by molar-refractivity contribution is 5.70. The molecule has 3 atom stereocenters. The van der Waals surface area contributed by atoms with Crippen LogP contribution in [0.15, 0.2) is 4.52 Å². The predicted octanol–water partition coefficient (Wildman–Crippen LogP) is 2.31. The van der Waals surface area contributed by atoms with E-state index in [0.29, 0.717) is 24.6 Å². The van der Waals surface area contributed by atoms with Crippen LogP contribution in [-0.4, -0.2) is 28.3 Å². The highest BCUT2D eigenvalue weighted by Crippen LogP contribution is 2.38. The minimum atomic E-state index is -0.738. The summed E-state index contributed by atoms with van der Waals surface area (Å²) in [5, 5.41) is 13.0. The molecular formula is C13H20N2O4. The van der Waals surface area contributed by atoms with Crippen LogP contribution >= 0.6 is 0 Å². The Bertz CT molecular complexity index is 453. The van der Waals surface area contributed by atoms with Crippen molar-refractivity contribution in [3.8, 4) is 0 Å². The summed E-state index contributed by atoms with van der Waals surface area (Å²) in [5.41, 5.74) is -0.549. The van der Waals surface area contributed by atoms with Gasteiger partial charge in [-0.3, -0.25) is 4.79 Å². The van der Waals surface area contributed by atoms with E-state index in [4.69, 9.17) is 14.4 Å². The van der Waals surface area contributed by atoms with E-state index in [2.05, 4.69) is 10.1 Å². The van der Waals surface area contributed by atoms with Gasteiger partial charge in [0.15, 0.2) is 0 Å². The summed E-state index contributed by atoms with van der Waals surface area (Å²) in [6.07, 6.45) is 2.78. The molecule has 0 spiro atoms. The molecule has 1 aromatic heterocycles. The van der Waals surface area contributed by atoms with Crippen LogP contribution in [0, 0.1) is 5.92 Å². The normalized spacial score (nSPS) is 26.3. The van der Waals surface area contributed by atoms with E-state index in [1.807, 2.05) is 13.8 Å². The Morgan fingerprint density at radius 2 is 2.32 bits per heavy atom. The number of aliphatic carboxylic acids is 1. The zero-order valence-corrected chi connectivity index (χ0v) is 11.5. The maximum atomic E-state index is 10.9. The molecule has 3 unspecified atom stereocenters. The number of carbonyl (C=O) groups is 1. The molecule has 0 aromatic carbocycles. The second kappa shape index (κ2) is 5.28. The second-order valence-electron chi connectivity index (χ2n) is 5.29. The van der Waals surface area contributed by atoms with Crippen molar-refractivity contribution in [1.29, 1.82) is 0 Å². The van der Waals surface area contributed by atoms with Gasteiger partial charge in [-0.05, 0) is 32.6 Å². The highest BCUT2D eigenvalue weighted by atomic mass is 16.5. The SMILES string of the molecule is CCC(C)(OC)c1noc(C2CCC(C(=O)O)C2)n1. The number of aromatic nitrogens is 2. The molecule has 106 valence electrons. The van der Waals surface area contributed by atoms with Gasteiger partial charge in [0.1, 0.15) is 5.60 Å². The van der Waals surface area contributed by atoms with Crippen LogP contribution in [0.3, 0.4) is 0 Å². The molecule has 1 saturated carbocycles. The molecule has 1 N–H and O–H groups in total. The lowest BCUT2D eigenvalue weighted by molar-refractivity contribution is -0.141. The number of nitrogens with zero attached hydrogens (tertiary/aromatic N) is 2. The van der Waals surface area contributed by atoms with Gasteiger partial charge in [-0.2, -0.15) is 4.98 Å². The Kier molecular flexibility index (Phi) is 3.89. The Hall–Kier alpha value is -1.43. The van der Waals surface area contributed by atoms with E-state index in [-0.39, 0.29) is 11.8 Å². The average Bonchev–Trinajstić information content (AvgIpc) is 3.05. The molecule has 0 aliphatic heterocycles. The summed E-state index contributed by atoms with van der Waals surface area (Å²) in [7, 11) is 1.62. The smallest absolute Gasteiger partial charge is 0.306 e. The summed E-state index contributed by atoms with van der Waals surface area (Å²) >= 11 is 0. The Labute approximate surface area is 112 Å². The molecule has 0 saturated heterocycles. The first-order chi connectivity index (χ1) is 9.00. The van der Waals surface area contributed by atoms with Crippen molar-refractivity contribution in [2.75, 3.05) is 7.11 Å². The monoisotopic (exact) mass is 268 g/mol. The third-order valence-corrected chi connectivity index (χ3v) is 4.17. The minimum absolute atomic E-state index is 0.0558. The molecule has 6 nitrogen and oxygen atoms in total. The van der Waals surface area contributed by atoms with Gasteiger partial charge >= 0.3 is 5.97 Å². The average molecular weight is 268 g/mol. The van der Waals surface area contributed by atoms with Crippen LogP contribution in [0.1, 0.15) is 57.2 Å². The maximum absolute atomic E-state index is 10.9. The largest absolute Gasteiger partial charge is 0.481 e. The van der Waals surface area contributed by atoms with Gasteiger partial charge in [-0.1, -0.05) is 12.1 Å². The van der Waals surface area contributed by atoms with Gasteiger partial charge in [0.2, 0.25) is 11.7 Å². The van der Waals surface area contributed by atoms with Crippen LogP contribution in [0.25, 0.3) is 0 Å². The van der Waals surface area contributed by atoms with E-state index in [9.17, 15) is 4.79 Å². The third-order valence-electron chi connectivity index (χ3n) is 4.17. The van der Waals surface area contributed by atoms with Crippen molar-refractivity contribution in [1.82, 2.24) is 10.1 Å². The zero-order valence-electron chi connectivity index (χ0n) is 11.5. The fourth-order valence-electron chi connectivity index (χ4n) is 2.44. The number of carboxylic acids is 1. The number of ether oxygens (including phenoxy) is 1. The maximum Gasteiger partial charge on any atom is 0.306 e. The number of hydrogen-bond acceptors (Lipinski definition) is 5. The van der Waals surface area contributed by atoms with Gasteiger partial charge in [0, 0.05) is 13.0 Å². The summed E-state index contributed by atoms with van der Waals surface area (Å²) in [5.74, 6) is 0.0972. The van der Waals surface area contributed by atoms with E-state index in [1.54, 1.807) is 7.11 Å². The molecule has 1 aliphatic carbocycles. The lowest BCUT2D eigenvalue weighted by atomic mass is 10.0. The molecule has 0 radical (unpaired) electrons. The van der Waals surface area contributed by atoms with E-state index < -0.39 is 11.6 Å². The summed E-state index contributed by atoms with van der Waals surface area (Å²) in [6.45, 7) is 3.91. The Balaban J connectivity index is 2.12. The molecule has 1 aliphatic rings. The first-order valence-electron chi connectivity index (χ1n) is 6.62. The van der Waals surface area contributed by atoms with Crippen LogP contribution < -0.4 is 0 Å². The molecule has 1 fully saturated rings. The topological polar surface area (TPSA) is 85.5 Å². The van der Waals surface area contributed by atoms with Crippen molar-refractivity contribution in [3.05, 3.63) is 11.7 Å². The third kappa shape index (κ3) is 2.63. The molecule has 19 heavy (non-hydrogen) atoms. The molecule has 6 heteroatoms. The number of rotatable bonds is 5. The van der Waals surface area contributed by atoms with E-state index in [0.717, 1.165) is 12.8 Å². The van der Waals surface area contributed by atoms with Crippen LogP contribution in [0.5, 0.6) is 0 Å². The molecule has 0 bridgehead atoms. The standard InChI is InChI=1S/C13H20N2O4/c1-4-13(2,18-3)12-14-10(19-15-12)8-5-6-9(7-8)11(16)17/h8-9H,4-7H2,1-3H3,(H,16,17). The summed E-state index contributed by atoms with van der Waals surface area (Å²) < 4.78 is 10.7. The highest BCUT2D eigenvalue weighted by Gasteiger charge is 2.36. The lowest BCUT2D eigenvalue weighted by Crippen LogP contribution is -2.24. The minimum Gasteiger partial charge on any atom is -0.481 e. The van der Waals surface area contributed by atoms with Crippen molar-refractivity contribution >= 4 is 5.97 Å². The van der Waals surface area contributed by atoms with E-state index in [1.165, 1.54) is 0 Å². The Morgan fingerprint density at radius 1 is 1.58 bits per heavy atom. The van der Waals surface area contributed by atoms with Crippen molar-refractivity contribution in [3.63, 3.8) is 0 Å². The number of methoxy groups -OCH3 is 1. The van der Waals surface area contributed by atoms with E-state index >= 15 is 0 Å². The second-order valence-corrected chi connectivity index (χ2v) is 5.29. The van der Waals surface area contributed by atoms with Gasteiger partial charge < -0.3 is 14.4 Å². The van der Waals surface area contributed by atoms with Crippen LogP contribution in [0.4, 0.5) is 0 Å². The quantitative estimate of drug-likeness (QED) is 0.882. The lowest BCUT2D eigenvalue weighted by Gasteiger charge is -2.21.